The van der Waals surface area contributed by atoms with E-state index in [0.29, 0.717) is 13.0 Å². The van der Waals surface area contributed by atoms with Gasteiger partial charge in [0.1, 0.15) is 18.0 Å². The number of aromatic nitrogens is 5. The normalized spacial score (nSPS) is 10.6. The van der Waals surface area contributed by atoms with Crippen molar-refractivity contribution in [1.82, 2.24) is 24.7 Å². The van der Waals surface area contributed by atoms with Gasteiger partial charge in [0.15, 0.2) is 5.65 Å². The minimum atomic E-state index is 0.405. The molecule has 3 aromatic rings. The van der Waals surface area contributed by atoms with E-state index in [9.17, 15) is 0 Å². The first-order valence-corrected chi connectivity index (χ1v) is 8.22. The first kappa shape index (κ1) is 16.6. The van der Waals surface area contributed by atoms with Crippen molar-refractivity contribution < 1.29 is 0 Å². The van der Waals surface area contributed by atoms with E-state index in [2.05, 4.69) is 36.8 Å². The van der Waals surface area contributed by atoms with Gasteiger partial charge in [-0.2, -0.15) is 10.4 Å². The number of hydrogen-bond donors (Lipinski definition) is 2. The van der Waals surface area contributed by atoms with Crippen LogP contribution >= 0.6 is 0 Å². The van der Waals surface area contributed by atoms with Crippen molar-refractivity contribution in [2.75, 3.05) is 23.7 Å². The highest BCUT2D eigenvalue weighted by Crippen LogP contribution is 2.18. The van der Waals surface area contributed by atoms with Crippen molar-refractivity contribution >= 4 is 22.7 Å². The van der Waals surface area contributed by atoms with Gasteiger partial charge in [-0.1, -0.05) is 6.07 Å². The summed E-state index contributed by atoms with van der Waals surface area (Å²) in [5.74, 6) is 1.65. The smallest absolute Gasteiger partial charge is 0.163 e. The van der Waals surface area contributed by atoms with E-state index in [0.717, 1.165) is 47.7 Å². The summed E-state index contributed by atoms with van der Waals surface area (Å²) in [7, 11) is 0. The topological polar surface area (TPSA) is 104 Å². The molecule has 0 fully saturated rings. The van der Waals surface area contributed by atoms with Crippen LogP contribution in [0.25, 0.3) is 11.0 Å². The van der Waals surface area contributed by atoms with E-state index in [4.69, 9.17) is 5.26 Å². The molecule has 0 saturated carbocycles. The van der Waals surface area contributed by atoms with Crippen LogP contribution in [0.5, 0.6) is 0 Å². The van der Waals surface area contributed by atoms with E-state index in [-0.39, 0.29) is 0 Å². The van der Waals surface area contributed by atoms with Crippen molar-refractivity contribution in [3.05, 3.63) is 36.4 Å². The molecule has 0 aliphatic rings. The minimum Gasteiger partial charge on any atom is -0.370 e. The maximum atomic E-state index is 8.71. The summed E-state index contributed by atoms with van der Waals surface area (Å²) >= 11 is 0. The molecule has 0 saturated heterocycles. The van der Waals surface area contributed by atoms with Crippen LogP contribution in [0.3, 0.4) is 0 Å². The van der Waals surface area contributed by atoms with Gasteiger partial charge in [-0.15, -0.1) is 0 Å². The second-order valence-corrected chi connectivity index (χ2v) is 5.66. The monoisotopic (exact) mass is 336 g/mol. The van der Waals surface area contributed by atoms with Gasteiger partial charge in [0.25, 0.3) is 0 Å². The number of anilines is 2. The standard InChI is InChI=1S/C17H20N8/c1-13-4-5-15(21-10-13)19-7-3-8-20-16-14-11-24-25(9-2-6-18)17(14)23-12-22-16/h4-5,10-12H,2-3,7-9H2,1H3,(H,19,21)(H,20,22,23). The Labute approximate surface area is 145 Å². The van der Waals surface area contributed by atoms with Gasteiger partial charge in [-0.25, -0.2) is 19.6 Å². The number of nitrogens with zero attached hydrogens (tertiary/aromatic N) is 6. The Morgan fingerprint density at radius 3 is 2.80 bits per heavy atom. The molecule has 128 valence electrons. The molecule has 3 aromatic heterocycles. The van der Waals surface area contributed by atoms with Crippen molar-refractivity contribution in [2.45, 2.75) is 26.3 Å². The van der Waals surface area contributed by atoms with Gasteiger partial charge >= 0.3 is 0 Å². The van der Waals surface area contributed by atoms with E-state index in [1.54, 1.807) is 10.9 Å². The lowest BCUT2D eigenvalue weighted by Gasteiger charge is -2.08. The Kier molecular flexibility index (Phi) is 5.36. The van der Waals surface area contributed by atoms with Crippen LogP contribution in [0.15, 0.2) is 30.9 Å². The molecular formula is C17H20N8. The summed E-state index contributed by atoms with van der Waals surface area (Å²) in [4.78, 5) is 12.9. The van der Waals surface area contributed by atoms with E-state index in [1.807, 2.05) is 25.3 Å². The molecule has 25 heavy (non-hydrogen) atoms. The zero-order valence-electron chi connectivity index (χ0n) is 14.1. The lowest BCUT2D eigenvalue weighted by Crippen LogP contribution is -2.11. The lowest BCUT2D eigenvalue weighted by atomic mass is 10.3. The summed E-state index contributed by atoms with van der Waals surface area (Å²) in [6, 6.07) is 6.13. The molecule has 0 amide bonds. The Morgan fingerprint density at radius 2 is 2.00 bits per heavy atom. The molecule has 0 unspecified atom stereocenters. The predicted octanol–water partition coefficient (Wildman–Crippen LogP) is 2.36. The lowest BCUT2D eigenvalue weighted by molar-refractivity contribution is 0.643. The first-order valence-electron chi connectivity index (χ1n) is 8.22. The van der Waals surface area contributed by atoms with E-state index in [1.165, 1.54) is 6.33 Å². The SMILES string of the molecule is Cc1ccc(NCCCNc2ncnc3c2cnn3CCC#N)nc1. The van der Waals surface area contributed by atoms with Gasteiger partial charge in [0.05, 0.1) is 30.6 Å². The molecule has 0 atom stereocenters. The summed E-state index contributed by atoms with van der Waals surface area (Å²) in [6.07, 6.45) is 6.43. The molecule has 3 rings (SSSR count). The van der Waals surface area contributed by atoms with Crippen molar-refractivity contribution in [2.24, 2.45) is 0 Å². The second kappa shape index (κ2) is 8.06. The van der Waals surface area contributed by atoms with Gasteiger partial charge in [-0.05, 0) is 25.0 Å². The number of nitrogens with one attached hydrogen (secondary N) is 2. The van der Waals surface area contributed by atoms with Crippen molar-refractivity contribution in [1.29, 1.82) is 5.26 Å². The Balaban J connectivity index is 1.52. The molecule has 8 heteroatoms. The minimum absolute atomic E-state index is 0.405. The molecule has 0 aromatic carbocycles. The highest BCUT2D eigenvalue weighted by Gasteiger charge is 2.09. The molecule has 3 heterocycles. The fourth-order valence-electron chi connectivity index (χ4n) is 2.44. The highest BCUT2D eigenvalue weighted by molar-refractivity contribution is 5.85. The van der Waals surface area contributed by atoms with Gasteiger partial charge in [0, 0.05) is 19.3 Å². The Hall–Kier alpha value is -3.21. The number of hydrogen-bond acceptors (Lipinski definition) is 7. The maximum Gasteiger partial charge on any atom is 0.163 e. The van der Waals surface area contributed by atoms with E-state index >= 15 is 0 Å². The number of rotatable bonds is 8. The third-order valence-electron chi connectivity index (χ3n) is 3.73. The number of nitriles is 1. The van der Waals surface area contributed by atoms with Crippen molar-refractivity contribution in [3.63, 3.8) is 0 Å². The zero-order valence-corrected chi connectivity index (χ0v) is 14.1. The predicted molar refractivity (Wildman–Crippen MR) is 96.1 cm³/mol. The van der Waals surface area contributed by atoms with Crippen LogP contribution in [-0.4, -0.2) is 37.8 Å². The zero-order chi connectivity index (χ0) is 17.5. The Bertz CT molecular complexity index is 862. The third-order valence-corrected chi connectivity index (χ3v) is 3.73. The largest absolute Gasteiger partial charge is 0.370 e. The van der Waals surface area contributed by atoms with Crippen LogP contribution in [0, 0.1) is 18.3 Å². The molecule has 2 N–H and O–H groups in total. The van der Waals surface area contributed by atoms with Crippen LogP contribution in [0.1, 0.15) is 18.4 Å². The number of aryl methyl sites for hydroxylation is 2. The Morgan fingerprint density at radius 1 is 1.12 bits per heavy atom. The molecule has 0 aliphatic heterocycles. The molecule has 0 aliphatic carbocycles. The van der Waals surface area contributed by atoms with Crippen LogP contribution in [-0.2, 0) is 6.54 Å². The highest BCUT2D eigenvalue weighted by atomic mass is 15.3. The van der Waals surface area contributed by atoms with Crippen LogP contribution < -0.4 is 10.6 Å². The summed E-state index contributed by atoms with van der Waals surface area (Å²) < 4.78 is 1.73. The molecule has 0 bridgehead atoms. The van der Waals surface area contributed by atoms with Crippen LogP contribution in [0.2, 0.25) is 0 Å². The fraction of sp³-hybridized carbons (Fsp3) is 0.353. The third kappa shape index (κ3) is 4.20. The first-order chi connectivity index (χ1) is 12.3. The fourth-order valence-corrected chi connectivity index (χ4v) is 2.44. The van der Waals surface area contributed by atoms with Crippen molar-refractivity contribution in [3.8, 4) is 6.07 Å². The maximum absolute atomic E-state index is 8.71. The van der Waals surface area contributed by atoms with E-state index < -0.39 is 0 Å². The number of fused-ring (bicyclic) bond motifs is 1. The van der Waals surface area contributed by atoms with Crippen LogP contribution in [0.4, 0.5) is 11.6 Å². The average molecular weight is 336 g/mol. The second-order valence-electron chi connectivity index (χ2n) is 5.66. The van der Waals surface area contributed by atoms with Gasteiger partial charge in [-0.3, -0.25) is 0 Å². The quantitative estimate of drug-likeness (QED) is 0.608. The molecule has 8 nitrogen and oxygen atoms in total. The summed E-state index contributed by atoms with van der Waals surface area (Å²) in [6.45, 7) is 4.14. The molecule has 0 radical (unpaired) electrons. The summed E-state index contributed by atoms with van der Waals surface area (Å²) in [5.41, 5.74) is 1.89. The van der Waals surface area contributed by atoms with Gasteiger partial charge < -0.3 is 10.6 Å². The summed E-state index contributed by atoms with van der Waals surface area (Å²) in [5, 5.41) is 20.5. The molecular weight excluding hydrogens is 316 g/mol. The average Bonchev–Trinajstić information content (AvgIpc) is 3.05. The van der Waals surface area contributed by atoms with Gasteiger partial charge in [0.2, 0.25) is 0 Å². The number of pyridine rings is 1. The molecule has 0 spiro atoms.